The van der Waals surface area contributed by atoms with Crippen molar-refractivity contribution in [3.8, 4) is 11.5 Å². The van der Waals surface area contributed by atoms with Crippen LogP contribution in [0.25, 0.3) is 0 Å². The van der Waals surface area contributed by atoms with Crippen LogP contribution >= 0.6 is 0 Å². The lowest BCUT2D eigenvalue weighted by atomic mass is 10.1. The van der Waals surface area contributed by atoms with Crippen molar-refractivity contribution in [1.29, 1.82) is 0 Å². The Morgan fingerprint density at radius 1 is 0.880 bits per heavy atom. The summed E-state index contributed by atoms with van der Waals surface area (Å²) in [5, 5.41) is 5.37. The van der Waals surface area contributed by atoms with Crippen molar-refractivity contribution >= 4 is 11.8 Å². The molecule has 0 saturated heterocycles. The number of hydrogen-bond acceptors (Lipinski definition) is 4. The van der Waals surface area contributed by atoms with Gasteiger partial charge < -0.3 is 20.1 Å². The average Bonchev–Trinajstić information content (AvgIpc) is 2.65. The van der Waals surface area contributed by atoms with E-state index in [9.17, 15) is 9.59 Å². The largest absolute Gasteiger partial charge is 0.497 e. The number of ether oxygens (including phenoxy) is 2. The lowest BCUT2D eigenvalue weighted by Crippen LogP contribution is -2.37. The Hall–Kier alpha value is -3.02. The summed E-state index contributed by atoms with van der Waals surface area (Å²) in [4.78, 5) is 23.8. The highest BCUT2D eigenvalue weighted by molar-refractivity contribution is 5.85. The fraction of sp³-hybridized carbons (Fsp3) is 0.263. The van der Waals surface area contributed by atoms with E-state index in [1.54, 1.807) is 26.4 Å². The maximum absolute atomic E-state index is 11.9. The van der Waals surface area contributed by atoms with Gasteiger partial charge in [0.05, 0.1) is 27.2 Å². The molecule has 0 unspecified atom stereocenters. The molecule has 0 saturated carbocycles. The first-order chi connectivity index (χ1) is 12.1. The van der Waals surface area contributed by atoms with E-state index in [4.69, 9.17) is 9.47 Å². The summed E-state index contributed by atoms with van der Waals surface area (Å²) in [5.41, 5.74) is 1.73. The highest BCUT2D eigenvalue weighted by Gasteiger charge is 2.08. The zero-order chi connectivity index (χ0) is 18.1. The van der Waals surface area contributed by atoms with Crippen LogP contribution < -0.4 is 20.1 Å². The molecule has 0 fully saturated rings. The van der Waals surface area contributed by atoms with Crippen molar-refractivity contribution in [2.24, 2.45) is 0 Å². The van der Waals surface area contributed by atoms with Crippen LogP contribution in [0, 0.1) is 0 Å². The molecule has 2 N–H and O–H groups in total. The number of rotatable bonds is 8. The number of para-hydroxylation sites is 1. The molecule has 0 radical (unpaired) electrons. The Morgan fingerprint density at radius 2 is 1.60 bits per heavy atom. The van der Waals surface area contributed by atoms with Gasteiger partial charge in [0.25, 0.3) is 0 Å². The van der Waals surface area contributed by atoms with Gasteiger partial charge in [-0.05, 0) is 23.8 Å². The van der Waals surface area contributed by atoms with Crippen LogP contribution in [0.1, 0.15) is 11.1 Å². The maximum Gasteiger partial charge on any atom is 0.239 e. The zero-order valence-electron chi connectivity index (χ0n) is 14.4. The molecule has 0 heterocycles. The second-order valence-corrected chi connectivity index (χ2v) is 5.39. The van der Waals surface area contributed by atoms with Gasteiger partial charge in [0.15, 0.2) is 0 Å². The van der Waals surface area contributed by atoms with Gasteiger partial charge in [-0.1, -0.05) is 30.3 Å². The highest BCUT2D eigenvalue weighted by atomic mass is 16.5. The molecule has 2 aromatic rings. The minimum Gasteiger partial charge on any atom is -0.497 e. The van der Waals surface area contributed by atoms with Crippen LogP contribution in [0.5, 0.6) is 11.5 Å². The Kier molecular flexibility index (Phi) is 6.83. The minimum absolute atomic E-state index is 0.0653. The van der Waals surface area contributed by atoms with Crippen LogP contribution in [0.15, 0.2) is 48.5 Å². The Labute approximate surface area is 147 Å². The van der Waals surface area contributed by atoms with Crippen LogP contribution in [0.2, 0.25) is 0 Å². The third kappa shape index (κ3) is 5.84. The number of nitrogens with one attached hydrogen (secondary N) is 2. The average molecular weight is 342 g/mol. The van der Waals surface area contributed by atoms with E-state index in [1.807, 2.05) is 36.4 Å². The van der Waals surface area contributed by atoms with Gasteiger partial charge in [0.2, 0.25) is 11.8 Å². The van der Waals surface area contributed by atoms with Crippen molar-refractivity contribution in [2.45, 2.75) is 13.0 Å². The van der Waals surface area contributed by atoms with E-state index < -0.39 is 0 Å². The molecule has 0 aliphatic rings. The molecule has 0 bridgehead atoms. The van der Waals surface area contributed by atoms with Crippen molar-refractivity contribution in [3.63, 3.8) is 0 Å². The molecular weight excluding hydrogens is 320 g/mol. The molecule has 0 spiro atoms. The standard InChI is InChI=1S/C19H22N2O4/c1-24-16-9-7-14(8-10-16)11-18(22)21-13-19(23)20-12-15-5-3-4-6-17(15)25-2/h3-10H,11-13H2,1-2H3,(H,20,23)(H,21,22). The summed E-state index contributed by atoms with van der Waals surface area (Å²) in [6.07, 6.45) is 0.212. The number of methoxy groups -OCH3 is 2. The summed E-state index contributed by atoms with van der Waals surface area (Å²) in [5.74, 6) is 0.984. The molecule has 0 aliphatic carbocycles. The van der Waals surface area contributed by atoms with Crippen molar-refractivity contribution in [3.05, 3.63) is 59.7 Å². The third-order valence-electron chi connectivity index (χ3n) is 3.64. The van der Waals surface area contributed by atoms with Gasteiger partial charge in [-0.2, -0.15) is 0 Å². The SMILES string of the molecule is COc1ccc(CC(=O)NCC(=O)NCc2ccccc2OC)cc1. The summed E-state index contributed by atoms with van der Waals surface area (Å²) in [6, 6.07) is 14.7. The number of carbonyl (C=O) groups is 2. The predicted molar refractivity (Wildman–Crippen MR) is 94.5 cm³/mol. The Balaban J connectivity index is 1.74. The minimum atomic E-state index is -0.256. The Bertz CT molecular complexity index is 714. The topological polar surface area (TPSA) is 76.7 Å². The molecule has 132 valence electrons. The predicted octanol–water partition coefficient (Wildman–Crippen LogP) is 1.68. The molecular formula is C19H22N2O4. The second kappa shape index (κ2) is 9.32. The number of benzene rings is 2. The summed E-state index contributed by atoms with van der Waals surface area (Å²) >= 11 is 0. The number of carbonyl (C=O) groups excluding carboxylic acids is 2. The second-order valence-electron chi connectivity index (χ2n) is 5.39. The van der Waals surface area contributed by atoms with Crippen molar-refractivity contribution < 1.29 is 19.1 Å². The lowest BCUT2D eigenvalue weighted by molar-refractivity contribution is -0.125. The monoisotopic (exact) mass is 342 g/mol. The summed E-state index contributed by atoms with van der Waals surface area (Å²) in [6.45, 7) is 0.279. The van der Waals surface area contributed by atoms with Gasteiger partial charge in [0, 0.05) is 12.1 Å². The maximum atomic E-state index is 11.9. The molecule has 6 heteroatoms. The molecule has 0 aromatic heterocycles. The highest BCUT2D eigenvalue weighted by Crippen LogP contribution is 2.16. The third-order valence-corrected chi connectivity index (χ3v) is 3.64. The van der Waals surface area contributed by atoms with E-state index in [0.29, 0.717) is 12.3 Å². The van der Waals surface area contributed by atoms with E-state index in [2.05, 4.69) is 10.6 Å². The first-order valence-corrected chi connectivity index (χ1v) is 7.90. The van der Waals surface area contributed by atoms with Crippen molar-refractivity contribution in [1.82, 2.24) is 10.6 Å². The van der Waals surface area contributed by atoms with Gasteiger partial charge in [0.1, 0.15) is 11.5 Å². The quantitative estimate of drug-likeness (QED) is 0.765. The fourth-order valence-electron chi connectivity index (χ4n) is 2.28. The first-order valence-electron chi connectivity index (χ1n) is 7.90. The van der Waals surface area contributed by atoms with Gasteiger partial charge >= 0.3 is 0 Å². The summed E-state index contributed by atoms with van der Waals surface area (Å²) in [7, 11) is 3.17. The summed E-state index contributed by atoms with van der Waals surface area (Å²) < 4.78 is 10.3. The molecule has 0 atom stereocenters. The molecule has 0 aliphatic heterocycles. The molecule has 2 rings (SSSR count). The first kappa shape index (κ1) is 18.3. The number of hydrogen-bond donors (Lipinski definition) is 2. The molecule has 2 aromatic carbocycles. The van der Waals surface area contributed by atoms with Gasteiger partial charge in [-0.3, -0.25) is 9.59 Å². The van der Waals surface area contributed by atoms with Crippen molar-refractivity contribution in [2.75, 3.05) is 20.8 Å². The van der Waals surface area contributed by atoms with Gasteiger partial charge in [-0.15, -0.1) is 0 Å². The molecule has 25 heavy (non-hydrogen) atoms. The van der Waals surface area contributed by atoms with E-state index in [-0.39, 0.29) is 24.8 Å². The van der Waals surface area contributed by atoms with E-state index in [1.165, 1.54) is 0 Å². The Morgan fingerprint density at radius 3 is 2.28 bits per heavy atom. The van der Waals surface area contributed by atoms with Crippen LogP contribution in [-0.2, 0) is 22.6 Å². The van der Waals surface area contributed by atoms with Gasteiger partial charge in [-0.25, -0.2) is 0 Å². The van der Waals surface area contributed by atoms with E-state index >= 15 is 0 Å². The molecule has 2 amide bonds. The fourth-order valence-corrected chi connectivity index (χ4v) is 2.28. The smallest absolute Gasteiger partial charge is 0.239 e. The van der Waals surface area contributed by atoms with E-state index in [0.717, 1.165) is 16.9 Å². The zero-order valence-corrected chi connectivity index (χ0v) is 14.4. The van der Waals surface area contributed by atoms with Crippen LogP contribution in [0.3, 0.4) is 0 Å². The normalized spacial score (nSPS) is 10.0. The molecule has 6 nitrogen and oxygen atoms in total. The number of amides is 2. The van der Waals surface area contributed by atoms with Crippen LogP contribution in [-0.4, -0.2) is 32.6 Å². The van der Waals surface area contributed by atoms with Crippen LogP contribution in [0.4, 0.5) is 0 Å². The lowest BCUT2D eigenvalue weighted by Gasteiger charge is -2.10.